The fourth-order valence-corrected chi connectivity index (χ4v) is 1.47. The number of nitrogens with two attached hydrogens (primary N) is 1. The van der Waals surface area contributed by atoms with Crippen LogP contribution in [0.15, 0.2) is 0 Å². The van der Waals surface area contributed by atoms with Crippen LogP contribution in [0.1, 0.15) is 12.8 Å². The summed E-state index contributed by atoms with van der Waals surface area (Å²) >= 11 is 0. The summed E-state index contributed by atoms with van der Waals surface area (Å²) in [6.45, 7) is 0.000185. The lowest BCUT2D eigenvalue weighted by molar-refractivity contribution is -0.125. The van der Waals surface area contributed by atoms with Gasteiger partial charge in [0.25, 0.3) is 0 Å². The number of carbonyl (C=O) groups excluding carboxylic acids is 2. The van der Waals surface area contributed by atoms with Crippen molar-refractivity contribution in [2.75, 3.05) is 13.2 Å². The number of hydrogen-bond donors (Lipinski definition) is 2. The van der Waals surface area contributed by atoms with Gasteiger partial charge in [-0.3, -0.25) is 4.79 Å². The Labute approximate surface area is 70.1 Å². The molecule has 1 atom stereocenters. The molecule has 0 aliphatic carbocycles. The third-order valence-corrected chi connectivity index (χ3v) is 2.06. The third-order valence-electron chi connectivity index (χ3n) is 2.06. The van der Waals surface area contributed by atoms with Gasteiger partial charge in [0.1, 0.15) is 6.61 Å². The van der Waals surface area contributed by atoms with Gasteiger partial charge in [-0.25, -0.2) is 4.79 Å². The number of rotatable bonds is 2. The second-order valence-electron chi connectivity index (χ2n) is 2.81. The van der Waals surface area contributed by atoms with Gasteiger partial charge in [0.2, 0.25) is 0 Å². The molecule has 3 N–H and O–H groups in total. The highest BCUT2D eigenvalue weighted by molar-refractivity contribution is 5.89. The van der Waals surface area contributed by atoms with Crippen molar-refractivity contribution in [1.29, 1.82) is 0 Å². The van der Waals surface area contributed by atoms with E-state index in [0.29, 0.717) is 13.0 Å². The van der Waals surface area contributed by atoms with Crippen molar-refractivity contribution >= 4 is 11.8 Å². The number of Topliss-reactive ketones (excluding diaryl/α,β-unsaturated/α-hetero) is 1. The van der Waals surface area contributed by atoms with E-state index in [1.165, 1.54) is 4.90 Å². The van der Waals surface area contributed by atoms with Crippen LogP contribution in [0.3, 0.4) is 0 Å². The first-order chi connectivity index (χ1) is 5.66. The van der Waals surface area contributed by atoms with Crippen molar-refractivity contribution in [2.24, 2.45) is 5.73 Å². The number of primary amides is 1. The predicted molar refractivity (Wildman–Crippen MR) is 41.4 cm³/mol. The largest absolute Gasteiger partial charge is 0.389 e. The molecule has 0 bridgehead atoms. The molecule has 12 heavy (non-hydrogen) atoms. The number of likely N-dealkylation sites (tertiary alicyclic amines) is 1. The van der Waals surface area contributed by atoms with E-state index in [-0.39, 0.29) is 5.78 Å². The summed E-state index contributed by atoms with van der Waals surface area (Å²) in [6.07, 6.45) is 1.39. The number of nitrogens with zero attached hydrogens (tertiary/aromatic N) is 1. The summed E-state index contributed by atoms with van der Waals surface area (Å²) in [4.78, 5) is 23.1. The molecule has 1 aliphatic rings. The maximum absolute atomic E-state index is 11.0. The summed E-state index contributed by atoms with van der Waals surface area (Å²) in [5.41, 5.74) is 5.03. The van der Waals surface area contributed by atoms with Gasteiger partial charge in [0.05, 0.1) is 6.04 Å². The van der Waals surface area contributed by atoms with Gasteiger partial charge < -0.3 is 15.7 Å². The van der Waals surface area contributed by atoms with Crippen molar-refractivity contribution in [3.8, 4) is 0 Å². The Balaban J connectivity index is 2.63. The molecule has 0 aromatic carbocycles. The van der Waals surface area contributed by atoms with Crippen LogP contribution in [0.4, 0.5) is 4.79 Å². The first-order valence-electron chi connectivity index (χ1n) is 3.86. The van der Waals surface area contributed by atoms with Gasteiger partial charge in [-0.2, -0.15) is 0 Å². The van der Waals surface area contributed by atoms with Crippen LogP contribution in [0.5, 0.6) is 0 Å². The molecule has 0 spiro atoms. The SMILES string of the molecule is NC(=O)N1CCC[C@H]1C(=O)CO. The zero-order chi connectivity index (χ0) is 9.14. The van der Waals surface area contributed by atoms with E-state index in [2.05, 4.69) is 0 Å². The van der Waals surface area contributed by atoms with Crippen LogP contribution in [0.25, 0.3) is 0 Å². The molecule has 0 aromatic heterocycles. The summed E-state index contributed by atoms with van der Waals surface area (Å²) in [5, 5.41) is 8.57. The zero-order valence-electron chi connectivity index (χ0n) is 6.69. The van der Waals surface area contributed by atoms with Crippen LogP contribution in [0.2, 0.25) is 0 Å². The number of carbonyl (C=O) groups is 2. The molecule has 5 nitrogen and oxygen atoms in total. The van der Waals surface area contributed by atoms with Gasteiger partial charge in [-0.05, 0) is 12.8 Å². The molecular weight excluding hydrogens is 160 g/mol. The molecule has 5 heteroatoms. The van der Waals surface area contributed by atoms with Crippen LogP contribution in [0, 0.1) is 0 Å². The lowest BCUT2D eigenvalue weighted by Crippen LogP contribution is -2.44. The maximum atomic E-state index is 11.0. The standard InChI is InChI=1S/C7H12N2O3/c8-7(12)9-3-1-2-5(9)6(11)4-10/h5,10H,1-4H2,(H2,8,12)/t5-/m0/s1. The highest BCUT2D eigenvalue weighted by Gasteiger charge is 2.31. The van der Waals surface area contributed by atoms with E-state index in [9.17, 15) is 9.59 Å². The number of amides is 2. The van der Waals surface area contributed by atoms with E-state index in [1.54, 1.807) is 0 Å². The Morgan fingerprint density at radius 1 is 1.58 bits per heavy atom. The average molecular weight is 172 g/mol. The van der Waals surface area contributed by atoms with Crippen LogP contribution < -0.4 is 5.73 Å². The molecule has 0 unspecified atom stereocenters. The zero-order valence-corrected chi connectivity index (χ0v) is 6.69. The molecule has 2 amide bonds. The molecule has 1 rings (SSSR count). The van der Waals surface area contributed by atoms with E-state index >= 15 is 0 Å². The lowest BCUT2D eigenvalue weighted by Gasteiger charge is -2.20. The Morgan fingerprint density at radius 3 is 2.75 bits per heavy atom. The van der Waals surface area contributed by atoms with Crippen molar-refractivity contribution in [3.63, 3.8) is 0 Å². The molecule has 0 saturated carbocycles. The number of ketones is 1. The Kier molecular flexibility index (Phi) is 2.65. The second kappa shape index (κ2) is 3.53. The normalized spacial score (nSPS) is 22.8. The van der Waals surface area contributed by atoms with Gasteiger partial charge in [-0.1, -0.05) is 0 Å². The Bertz CT molecular complexity index is 205. The fourth-order valence-electron chi connectivity index (χ4n) is 1.47. The van der Waals surface area contributed by atoms with Crippen LogP contribution in [-0.4, -0.2) is 41.0 Å². The average Bonchev–Trinajstić information content (AvgIpc) is 2.50. The minimum absolute atomic E-state index is 0.327. The van der Waals surface area contributed by atoms with E-state index in [4.69, 9.17) is 10.8 Å². The fraction of sp³-hybridized carbons (Fsp3) is 0.714. The molecular formula is C7H12N2O3. The van der Waals surface area contributed by atoms with E-state index < -0.39 is 18.7 Å². The Hall–Kier alpha value is -1.10. The topological polar surface area (TPSA) is 83.6 Å². The number of urea groups is 1. The number of aliphatic hydroxyl groups is 1. The molecule has 1 saturated heterocycles. The first-order valence-corrected chi connectivity index (χ1v) is 3.86. The smallest absolute Gasteiger partial charge is 0.315 e. The molecule has 1 heterocycles. The van der Waals surface area contributed by atoms with Crippen molar-refractivity contribution in [1.82, 2.24) is 4.90 Å². The third kappa shape index (κ3) is 1.55. The minimum Gasteiger partial charge on any atom is -0.389 e. The molecule has 0 aromatic rings. The molecule has 68 valence electrons. The van der Waals surface area contributed by atoms with Crippen molar-refractivity contribution in [2.45, 2.75) is 18.9 Å². The summed E-state index contributed by atoms with van der Waals surface area (Å²) < 4.78 is 0. The summed E-state index contributed by atoms with van der Waals surface area (Å²) in [5.74, 6) is -0.327. The second-order valence-corrected chi connectivity index (χ2v) is 2.81. The van der Waals surface area contributed by atoms with E-state index in [0.717, 1.165) is 6.42 Å². The van der Waals surface area contributed by atoms with E-state index in [1.807, 2.05) is 0 Å². The number of aliphatic hydroxyl groups excluding tert-OH is 1. The summed E-state index contributed by atoms with van der Waals surface area (Å²) in [7, 11) is 0. The molecule has 1 fully saturated rings. The summed E-state index contributed by atoms with van der Waals surface area (Å²) in [6, 6.07) is -1.08. The highest BCUT2D eigenvalue weighted by Crippen LogP contribution is 2.16. The van der Waals surface area contributed by atoms with Crippen molar-refractivity contribution in [3.05, 3.63) is 0 Å². The lowest BCUT2D eigenvalue weighted by atomic mass is 10.1. The van der Waals surface area contributed by atoms with Gasteiger partial charge in [0, 0.05) is 6.54 Å². The minimum atomic E-state index is -0.584. The predicted octanol–water partition coefficient (Wildman–Crippen LogP) is -0.909. The van der Waals surface area contributed by atoms with Crippen LogP contribution >= 0.6 is 0 Å². The van der Waals surface area contributed by atoms with Crippen LogP contribution in [-0.2, 0) is 4.79 Å². The Morgan fingerprint density at radius 2 is 2.25 bits per heavy atom. The van der Waals surface area contributed by atoms with Crippen molar-refractivity contribution < 1.29 is 14.7 Å². The van der Waals surface area contributed by atoms with Gasteiger partial charge >= 0.3 is 6.03 Å². The first kappa shape index (κ1) is 8.99. The number of hydrogen-bond acceptors (Lipinski definition) is 3. The monoisotopic (exact) mass is 172 g/mol. The highest BCUT2D eigenvalue weighted by atomic mass is 16.3. The molecule has 0 radical (unpaired) electrons. The maximum Gasteiger partial charge on any atom is 0.315 e. The molecule has 1 aliphatic heterocycles. The van der Waals surface area contributed by atoms with Gasteiger partial charge in [0.15, 0.2) is 5.78 Å². The quantitative estimate of drug-likeness (QED) is 0.565. The van der Waals surface area contributed by atoms with Gasteiger partial charge in [-0.15, -0.1) is 0 Å².